The molecule has 6 bridgehead atoms. The van der Waals surface area contributed by atoms with Gasteiger partial charge in [0, 0.05) is 32.6 Å². The third kappa shape index (κ3) is 15.5. The van der Waals surface area contributed by atoms with Crippen LogP contribution in [-0.4, -0.2) is 145 Å². The van der Waals surface area contributed by atoms with E-state index in [1.807, 2.05) is 44.6 Å². The highest BCUT2D eigenvalue weighted by molar-refractivity contribution is 7.85. The number of aliphatic hydroxyl groups excluding tert-OH is 1. The van der Waals surface area contributed by atoms with Crippen LogP contribution in [-0.2, 0) is 36.3 Å². The van der Waals surface area contributed by atoms with Crippen LogP contribution in [0.3, 0.4) is 0 Å². The van der Waals surface area contributed by atoms with Crippen molar-refractivity contribution in [2.75, 3.05) is 60.1 Å². The van der Waals surface area contributed by atoms with Crippen molar-refractivity contribution >= 4 is 27.8 Å². The van der Waals surface area contributed by atoms with Gasteiger partial charge in [-0.15, -0.1) is 10.2 Å². The van der Waals surface area contributed by atoms with E-state index in [0.29, 0.717) is 67.1 Å². The molecule has 2 aliphatic heterocycles. The molecule has 360 valence electrons. The maximum Gasteiger partial charge on any atom is 0.270 e. The van der Waals surface area contributed by atoms with Crippen molar-refractivity contribution in [2.45, 2.75) is 84.3 Å². The van der Waals surface area contributed by atoms with Gasteiger partial charge in [0.25, 0.3) is 27.8 Å². The fourth-order valence-corrected chi connectivity index (χ4v) is 8.15. The third-order valence-corrected chi connectivity index (χ3v) is 12.1. The number of amides is 3. The predicted octanol–water partition coefficient (Wildman–Crippen LogP) is 2.61. The Kier molecular flexibility index (Phi) is 17.0. The van der Waals surface area contributed by atoms with Gasteiger partial charge in [0.05, 0.1) is 76.5 Å². The lowest BCUT2D eigenvalue weighted by Crippen LogP contribution is -2.40. The van der Waals surface area contributed by atoms with Crippen LogP contribution >= 0.6 is 0 Å². The average Bonchev–Trinajstić information content (AvgIpc) is 3.96. The number of hydrogen-bond acceptors (Lipinski definition) is 13. The molecule has 0 aliphatic carbocycles. The summed E-state index contributed by atoms with van der Waals surface area (Å²) in [6.45, 7) is 5.85. The molecule has 21 nitrogen and oxygen atoms in total. The van der Waals surface area contributed by atoms with Crippen molar-refractivity contribution in [3.8, 4) is 11.4 Å². The lowest BCUT2D eigenvalue weighted by atomic mass is 10.1. The number of carbonyl (C=O) groups excluding carboxylic acids is 3. The second-order valence-electron chi connectivity index (χ2n) is 18.4. The standard InChI is InChI=1S/C45H62N14O7S/c1-6-7-19-58(2,3)30-34-28-56(54-52-34)36-22-38-42(60)46-17-10-8-9-11-18-47-43(61)39-23-37(57-29-35(53-55-57)31-59(4,5)20-12-21-67(64,65)66)25-41(51-39)45(63)49-27-33-15-13-32(14-16-33)26-48-44(62)40(24-36)50-38/h13-16,22-25,28-29,44,48,62H,6-12,17-21,26-27,30-31H2,1-5H3,(H2-2,46,47,49,60,61,63,64,65,66)/p+2. The second-order valence-corrected chi connectivity index (χ2v) is 19.9. The van der Waals surface area contributed by atoms with Gasteiger partial charge in [-0.1, -0.05) is 60.9 Å². The fourth-order valence-electron chi connectivity index (χ4n) is 7.65. The smallest absolute Gasteiger partial charge is 0.270 e. The summed E-state index contributed by atoms with van der Waals surface area (Å²) in [6, 6.07) is 13.8. The number of nitrogens with one attached hydrogen (secondary N) is 4. The highest BCUT2D eigenvalue weighted by Crippen LogP contribution is 2.19. The molecular weight excluding hydrogens is 881 g/mol. The Morgan fingerprint density at radius 2 is 1.15 bits per heavy atom. The zero-order valence-electron chi connectivity index (χ0n) is 39.0. The summed E-state index contributed by atoms with van der Waals surface area (Å²) in [5, 5.41) is 40.6. The first-order valence-corrected chi connectivity index (χ1v) is 24.3. The zero-order chi connectivity index (χ0) is 48.2. The van der Waals surface area contributed by atoms with Crippen LogP contribution in [0.5, 0.6) is 0 Å². The first-order valence-electron chi connectivity index (χ1n) is 22.7. The number of carbonyl (C=O) groups is 3. The van der Waals surface area contributed by atoms with E-state index in [4.69, 9.17) is 4.55 Å². The number of fused-ring (bicyclic) bond motifs is 15. The number of nitrogens with zero attached hydrogens (tertiary/aromatic N) is 10. The number of unbranched alkanes of at least 4 members (excludes halogenated alkanes) is 1. The van der Waals surface area contributed by atoms with Crippen molar-refractivity contribution in [1.29, 1.82) is 0 Å². The normalized spacial score (nSPS) is 16.3. The van der Waals surface area contributed by atoms with E-state index in [1.165, 1.54) is 16.8 Å². The van der Waals surface area contributed by atoms with Gasteiger partial charge in [0.15, 0.2) is 0 Å². The van der Waals surface area contributed by atoms with Crippen molar-refractivity contribution < 1.29 is 41.4 Å². The van der Waals surface area contributed by atoms with E-state index < -0.39 is 34.1 Å². The van der Waals surface area contributed by atoms with Gasteiger partial charge >= 0.3 is 0 Å². The maximum absolute atomic E-state index is 13.6. The minimum absolute atomic E-state index is 0.00461. The van der Waals surface area contributed by atoms with Crippen LogP contribution in [0.4, 0.5) is 0 Å². The topological polar surface area (TPSA) is 261 Å². The first kappa shape index (κ1) is 50.4. The summed E-state index contributed by atoms with van der Waals surface area (Å²) < 4.78 is 35.8. The first-order chi connectivity index (χ1) is 31.8. The molecule has 1 aromatic carbocycles. The molecule has 1 atom stereocenters. The summed E-state index contributed by atoms with van der Waals surface area (Å²) in [6.07, 6.45) is 7.61. The molecule has 2 aliphatic rings. The summed E-state index contributed by atoms with van der Waals surface area (Å²) in [7, 11) is 4.05. The van der Waals surface area contributed by atoms with Crippen LogP contribution in [0.2, 0.25) is 0 Å². The average molecular weight is 945 g/mol. The van der Waals surface area contributed by atoms with E-state index in [2.05, 4.69) is 72.9 Å². The van der Waals surface area contributed by atoms with Crippen molar-refractivity contribution in [3.63, 3.8) is 0 Å². The minimum atomic E-state index is -4.07. The molecule has 6 N–H and O–H groups in total. The number of benzene rings is 1. The molecule has 22 heteroatoms. The summed E-state index contributed by atoms with van der Waals surface area (Å²) in [5.41, 5.74) is 4.31. The van der Waals surface area contributed by atoms with E-state index in [-0.39, 0.29) is 48.0 Å². The predicted molar refractivity (Wildman–Crippen MR) is 248 cm³/mol. The molecule has 6 heterocycles. The summed E-state index contributed by atoms with van der Waals surface area (Å²) in [4.78, 5) is 49.7. The highest BCUT2D eigenvalue weighted by atomic mass is 32.2. The van der Waals surface area contributed by atoms with Crippen molar-refractivity contribution in [1.82, 2.24) is 61.2 Å². The van der Waals surface area contributed by atoms with Gasteiger partial charge in [-0.25, -0.2) is 19.3 Å². The maximum atomic E-state index is 13.6. The SMILES string of the molecule is CCCC[N+](C)(C)Cc1cn(-c2cc3nc(c2)C(O)NCc2ccc(cc2)CNC(=O)c2cc(-n4cc(C[N+](C)(C)CCCS(=O)(=O)O)nn4)cc(n2)C(=O)NCCCCCCNC3=O)nn1. The Morgan fingerprint density at radius 1 is 0.672 bits per heavy atom. The number of quaternary nitrogens is 2. The van der Waals surface area contributed by atoms with Crippen LogP contribution in [0, 0.1) is 0 Å². The van der Waals surface area contributed by atoms with E-state index >= 15 is 0 Å². The summed E-state index contributed by atoms with van der Waals surface area (Å²) >= 11 is 0. The van der Waals surface area contributed by atoms with Crippen LogP contribution in [0.1, 0.15) is 118 Å². The molecule has 4 aromatic heterocycles. The minimum Gasteiger partial charge on any atom is -0.373 e. The molecule has 7 rings (SSSR count). The Balaban J connectivity index is 1.18. The van der Waals surface area contributed by atoms with Gasteiger partial charge < -0.3 is 30.0 Å². The van der Waals surface area contributed by atoms with Crippen molar-refractivity contribution in [3.05, 3.63) is 106 Å². The molecule has 0 fully saturated rings. The molecule has 1 unspecified atom stereocenters. The summed E-state index contributed by atoms with van der Waals surface area (Å²) in [5.74, 6) is -1.72. The fraction of sp³-hybridized carbons (Fsp3) is 0.489. The quantitative estimate of drug-likeness (QED) is 0.0733. The van der Waals surface area contributed by atoms with E-state index in [0.717, 1.165) is 53.5 Å². The number of hydrogen-bond donors (Lipinski definition) is 6. The van der Waals surface area contributed by atoms with Crippen molar-refractivity contribution in [2.24, 2.45) is 0 Å². The van der Waals surface area contributed by atoms with Gasteiger partial charge in [0.2, 0.25) is 0 Å². The van der Waals surface area contributed by atoms with Crippen LogP contribution in [0.15, 0.2) is 60.9 Å². The molecule has 0 saturated heterocycles. The highest BCUT2D eigenvalue weighted by Gasteiger charge is 2.23. The second kappa shape index (κ2) is 22.6. The number of aromatic nitrogens is 8. The van der Waals surface area contributed by atoms with Gasteiger partial charge in [-0.3, -0.25) is 24.3 Å². The Labute approximate surface area is 391 Å². The number of pyridine rings is 2. The van der Waals surface area contributed by atoms with Gasteiger partial charge in [-0.05, 0) is 54.7 Å². The van der Waals surface area contributed by atoms with Gasteiger partial charge in [-0.2, -0.15) is 8.42 Å². The monoisotopic (exact) mass is 944 g/mol. The number of aliphatic hydroxyl groups is 1. The molecule has 0 spiro atoms. The number of rotatable bonds is 13. The molecule has 0 saturated carbocycles. The molecule has 67 heavy (non-hydrogen) atoms. The molecular formula is C45H64N14O7S+2. The molecule has 3 amide bonds. The molecule has 5 aromatic rings. The molecule has 0 radical (unpaired) electrons. The van der Waals surface area contributed by atoms with E-state index in [9.17, 15) is 27.9 Å². The Bertz CT molecular complexity index is 2600. The lowest BCUT2D eigenvalue weighted by Gasteiger charge is -2.28. The third-order valence-electron chi connectivity index (χ3n) is 11.3. The Hall–Kier alpha value is -6.04. The lowest BCUT2D eigenvalue weighted by molar-refractivity contribution is -0.904. The van der Waals surface area contributed by atoms with Crippen LogP contribution < -0.4 is 21.3 Å². The van der Waals surface area contributed by atoms with E-state index in [1.54, 1.807) is 23.0 Å². The zero-order valence-corrected chi connectivity index (χ0v) is 39.8. The Morgan fingerprint density at radius 3 is 1.67 bits per heavy atom. The van der Waals surface area contributed by atoms with Gasteiger partial charge in [0.1, 0.15) is 47.8 Å². The largest absolute Gasteiger partial charge is 0.373 e. The van der Waals surface area contributed by atoms with Crippen LogP contribution in [0.25, 0.3) is 11.4 Å².